The molecule has 0 bridgehead atoms. The van der Waals surface area contributed by atoms with Crippen molar-refractivity contribution in [3.63, 3.8) is 0 Å². The van der Waals surface area contributed by atoms with Crippen LogP contribution in [-0.2, 0) is 6.05 Å². The van der Waals surface area contributed by atoms with Crippen molar-refractivity contribution < 1.29 is 30.7 Å². The van der Waals surface area contributed by atoms with Crippen LogP contribution in [0.15, 0.2) is 30.6 Å². The summed E-state index contributed by atoms with van der Waals surface area (Å²) in [5.41, 5.74) is -0.372. The van der Waals surface area contributed by atoms with E-state index in [1.165, 1.54) is 24.4 Å². The first-order valence-corrected chi connectivity index (χ1v) is 5.24. The maximum atomic E-state index is 13.3. The van der Waals surface area contributed by atoms with Gasteiger partial charge >= 0.3 is 18.1 Å². The second kappa shape index (κ2) is 4.67. The molecule has 0 aromatic carbocycles. The van der Waals surface area contributed by atoms with E-state index >= 15 is 0 Å². The van der Waals surface area contributed by atoms with Crippen LogP contribution >= 0.6 is 0 Å². The van der Waals surface area contributed by atoms with Crippen LogP contribution in [0.2, 0.25) is 0 Å². The smallest absolute Gasteiger partial charge is 0.254 e. The Morgan fingerprint density at radius 1 is 0.905 bits per heavy atom. The van der Waals surface area contributed by atoms with Gasteiger partial charge in [-0.25, -0.2) is 0 Å². The highest BCUT2D eigenvalue weighted by molar-refractivity contribution is 5.51. The van der Waals surface area contributed by atoms with Crippen molar-refractivity contribution in [2.45, 2.75) is 18.1 Å². The molecule has 0 saturated carbocycles. The molecule has 0 fully saturated rings. The van der Waals surface area contributed by atoms with E-state index in [0.717, 1.165) is 0 Å². The van der Waals surface area contributed by atoms with Crippen LogP contribution in [0.4, 0.5) is 30.7 Å². The molecule has 0 saturated heterocycles. The number of halogens is 7. The zero-order chi connectivity index (χ0) is 15.9. The summed E-state index contributed by atoms with van der Waals surface area (Å²) in [6, 6.07) is -1.39. The molecule has 0 aliphatic heterocycles. The third kappa shape index (κ3) is 2.43. The molecule has 11 heteroatoms. The van der Waals surface area contributed by atoms with Crippen molar-refractivity contribution >= 4 is 0 Å². The quantitative estimate of drug-likeness (QED) is 0.818. The Labute approximate surface area is 112 Å². The van der Waals surface area contributed by atoms with E-state index in [1.54, 1.807) is 0 Å². The minimum Gasteiger partial charge on any atom is -0.254 e. The molecular formula is C10H5F7N4. The standard InChI is InChI=1S/C10H5F7N4/c11-8(12,9(13,14)15)10(16,17)21-5-7(19-20-21)6-3-1-2-4-18-6/h1-5H. The Morgan fingerprint density at radius 3 is 2.10 bits per heavy atom. The molecule has 114 valence electrons. The van der Waals surface area contributed by atoms with E-state index in [1.807, 2.05) is 0 Å². The Bertz CT molecular complexity index is 620. The van der Waals surface area contributed by atoms with Gasteiger partial charge in [0.05, 0.1) is 11.9 Å². The molecule has 0 atom stereocenters. The maximum Gasteiger partial charge on any atom is 0.462 e. The van der Waals surface area contributed by atoms with Crippen LogP contribution in [0.3, 0.4) is 0 Å². The lowest BCUT2D eigenvalue weighted by atomic mass is 10.2. The fraction of sp³-hybridized carbons (Fsp3) is 0.300. The normalized spacial score (nSPS) is 13.5. The molecule has 0 aliphatic carbocycles. The molecule has 2 aromatic heterocycles. The Morgan fingerprint density at radius 2 is 1.57 bits per heavy atom. The molecule has 0 unspecified atom stereocenters. The summed E-state index contributed by atoms with van der Waals surface area (Å²) < 4.78 is 87.6. The fourth-order valence-electron chi connectivity index (χ4n) is 1.35. The zero-order valence-corrected chi connectivity index (χ0v) is 9.82. The van der Waals surface area contributed by atoms with Crippen LogP contribution < -0.4 is 0 Å². The van der Waals surface area contributed by atoms with Crippen molar-refractivity contribution in [1.29, 1.82) is 0 Å². The number of pyridine rings is 1. The third-order valence-corrected chi connectivity index (χ3v) is 2.44. The molecule has 0 N–H and O–H groups in total. The number of nitrogens with zero attached hydrogens (tertiary/aromatic N) is 4. The molecule has 2 aromatic rings. The van der Waals surface area contributed by atoms with Gasteiger partial charge in [-0.15, -0.1) is 5.10 Å². The number of alkyl halides is 7. The second-order valence-electron chi connectivity index (χ2n) is 3.88. The van der Waals surface area contributed by atoms with Gasteiger partial charge < -0.3 is 0 Å². The van der Waals surface area contributed by atoms with Crippen molar-refractivity contribution in [2.24, 2.45) is 0 Å². The van der Waals surface area contributed by atoms with E-state index in [0.29, 0.717) is 0 Å². The number of rotatable bonds is 3. The molecule has 0 spiro atoms. The molecule has 2 rings (SSSR count). The van der Waals surface area contributed by atoms with Gasteiger partial charge in [-0.2, -0.15) is 35.4 Å². The monoisotopic (exact) mass is 314 g/mol. The summed E-state index contributed by atoms with van der Waals surface area (Å²) in [5, 5.41) is 5.76. The zero-order valence-electron chi connectivity index (χ0n) is 9.82. The number of aromatic nitrogens is 4. The van der Waals surface area contributed by atoms with Gasteiger partial charge in [0, 0.05) is 6.20 Å². The summed E-state index contributed by atoms with van der Waals surface area (Å²) in [7, 11) is 0. The van der Waals surface area contributed by atoms with Gasteiger partial charge in [-0.1, -0.05) is 11.3 Å². The molecule has 21 heavy (non-hydrogen) atoms. The lowest BCUT2D eigenvalue weighted by molar-refractivity contribution is -0.383. The second-order valence-corrected chi connectivity index (χ2v) is 3.88. The van der Waals surface area contributed by atoms with E-state index in [9.17, 15) is 30.7 Å². The molecular weight excluding hydrogens is 309 g/mol. The highest BCUT2D eigenvalue weighted by Gasteiger charge is 2.75. The lowest BCUT2D eigenvalue weighted by Crippen LogP contribution is -2.53. The van der Waals surface area contributed by atoms with E-state index in [2.05, 4.69) is 15.3 Å². The number of hydrogen-bond acceptors (Lipinski definition) is 3. The van der Waals surface area contributed by atoms with E-state index in [-0.39, 0.29) is 17.6 Å². The highest BCUT2D eigenvalue weighted by Crippen LogP contribution is 2.48. The van der Waals surface area contributed by atoms with Crippen molar-refractivity contribution in [3.8, 4) is 11.4 Å². The van der Waals surface area contributed by atoms with Gasteiger partial charge in [0.25, 0.3) is 0 Å². The first kappa shape index (κ1) is 15.2. The minimum absolute atomic E-state index is 0.00475. The largest absolute Gasteiger partial charge is 0.462 e. The Balaban J connectivity index is 2.41. The summed E-state index contributed by atoms with van der Waals surface area (Å²) >= 11 is 0. The van der Waals surface area contributed by atoms with E-state index < -0.39 is 22.8 Å². The highest BCUT2D eigenvalue weighted by atomic mass is 19.4. The lowest BCUT2D eigenvalue weighted by Gasteiger charge is -2.27. The molecule has 2 heterocycles. The van der Waals surface area contributed by atoms with Crippen molar-refractivity contribution in [3.05, 3.63) is 30.6 Å². The first-order valence-electron chi connectivity index (χ1n) is 5.24. The number of hydrogen-bond donors (Lipinski definition) is 0. The van der Waals surface area contributed by atoms with Gasteiger partial charge in [-0.3, -0.25) is 4.98 Å². The molecule has 0 aliphatic rings. The van der Waals surface area contributed by atoms with Crippen LogP contribution in [0.25, 0.3) is 11.4 Å². The average Bonchev–Trinajstić information content (AvgIpc) is 2.88. The summed E-state index contributed by atoms with van der Waals surface area (Å²) in [4.78, 5) is 3.68. The molecule has 4 nitrogen and oxygen atoms in total. The van der Waals surface area contributed by atoms with Crippen LogP contribution in [-0.4, -0.2) is 32.1 Å². The minimum atomic E-state index is -6.44. The van der Waals surface area contributed by atoms with Crippen molar-refractivity contribution in [2.75, 3.05) is 0 Å². The van der Waals surface area contributed by atoms with Gasteiger partial charge in [0.1, 0.15) is 5.69 Å². The van der Waals surface area contributed by atoms with E-state index in [4.69, 9.17) is 0 Å². The topological polar surface area (TPSA) is 43.6 Å². The summed E-state index contributed by atoms with van der Waals surface area (Å²) in [5.74, 6) is -6.30. The van der Waals surface area contributed by atoms with Crippen molar-refractivity contribution in [1.82, 2.24) is 20.0 Å². The SMILES string of the molecule is FC(F)(F)C(F)(F)C(F)(F)n1cc(-c2ccccn2)nn1. The molecule has 0 radical (unpaired) electrons. The summed E-state index contributed by atoms with van der Waals surface area (Å²) in [6.07, 6.45) is -4.91. The maximum absolute atomic E-state index is 13.3. The van der Waals surface area contributed by atoms with Crippen LogP contribution in [0, 0.1) is 0 Å². The Hall–Kier alpha value is -2.20. The van der Waals surface area contributed by atoms with Crippen LogP contribution in [0.1, 0.15) is 0 Å². The average molecular weight is 314 g/mol. The third-order valence-electron chi connectivity index (χ3n) is 2.44. The van der Waals surface area contributed by atoms with Gasteiger partial charge in [0.2, 0.25) is 0 Å². The first-order chi connectivity index (χ1) is 9.57. The fourth-order valence-corrected chi connectivity index (χ4v) is 1.35. The summed E-state index contributed by atoms with van der Waals surface area (Å²) in [6.45, 7) is 0. The van der Waals surface area contributed by atoms with Gasteiger partial charge in [0.15, 0.2) is 0 Å². The van der Waals surface area contributed by atoms with Crippen LogP contribution in [0.5, 0.6) is 0 Å². The predicted molar refractivity (Wildman–Crippen MR) is 54.4 cm³/mol. The van der Waals surface area contributed by atoms with Gasteiger partial charge in [-0.05, 0) is 12.1 Å². The Kier molecular flexibility index (Phi) is 3.38. The predicted octanol–water partition coefficient (Wildman–Crippen LogP) is 3.09. The molecule has 0 amide bonds.